The number of benzene rings is 1. The molecule has 1 atom stereocenters. The van der Waals surface area contributed by atoms with Crippen LogP contribution in [0.15, 0.2) is 12.1 Å². The van der Waals surface area contributed by atoms with Crippen LogP contribution in [0.1, 0.15) is 29.2 Å². The van der Waals surface area contributed by atoms with Gasteiger partial charge in [0.15, 0.2) is 0 Å². The summed E-state index contributed by atoms with van der Waals surface area (Å²) >= 11 is 13.5. The highest BCUT2D eigenvalue weighted by Gasteiger charge is 2.22. The highest BCUT2D eigenvalue weighted by molar-refractivity contribution is 8.00. The standard InChI is InChI=1S/C12H12Cl2O2S/c13-9-4-7-2-1-3-11(17-6-12(15)16)8(7)5-10(9)14/h4-5,11H,1-3,6H2,(H,15,16). The Hall–Kier alpha value is -0.380. The van der Waals surface area contributed by atoms with Crippen LogP contribution < -0.4 is 0 Å². The number of carboxylic acids is 1. The molecule has 1 aliphatic rings. The largest absolute Gasteiger partial charge is 0.481 e. The first-order valence-corrected chi connectivity index (χ1v) is 7.19. The average Bonchev–Trinajstić information content (AvgIpc) is 2.28. The van der Waals surface area contributed by atoms with Gasteiger partial charge in [-0.2, -0.15) is 0 Å². The first-order valence-electron chi connectivity index (χ1n) is 5.39. The van der Waals surface area contributed by atoms with Gasteiger partial charge in [-0.25, -0.2) is 0 Å². The number of rotatable bonds is 3. The summed E-state index contributed by atoms with van der Waals surface area (Å²) in [6, 6.07) is 3.80. The van der Waals surface area contributed by atoms with Crippen LogP contribution in [0.4, 0.5) is 0 Å². The summed E-state index contributed by atoms with van der Waals surface area (Å²) < 4.78 is 0. The number of carbonyl (C=O) groups is 1. The molecule has 2 rings (SSSR count). The topological polar surface area (TPSA) is 37.3 Å². The Bertz CT molecular complexity index is 448. The van der Waals surface area contributed by atoms with Crippen molar-refractivity contribution < 1.29 is 9.90 Å². The maximum atomic E-state index is 10.6. The normalized spacial score (nSPS) is 18.8. The highest BCUT2D eigenvalue weighted by atomic mass is 35.5. The number of carboxylic acid groups (broad SMARTS) is 1. The van der Waals surface area contributed by atoms with Crippen molar-refractivity contribution in [3.8, 4) is 0 Å². The van der Waals surface area contributed by atoms with Gasteiger partial charge in [-0.1, -0.05) is 23.2 Å². The Balaban J connectivity index is 2.24. The molecule has 5 heteroatoms. The number of fused-ring (bicyclic) bond motifs is 1. The Morgan fingerprint density at radius 2 is 2.12 bits per heavy atom. The number of aryl methyl sites for hydroxylation is 1. The van der Waals surface area contributed by atoms with Crippen LogP contribution in [-0.2, 0) is 11.2 Å². The quantitative estimate of drug-likeness (QED) is 0.907. The molecule has 0 fully saturated rings. The van der Waals surface area contributed by atoms with E-state index < -0.39 is 5.97 Å². The number of hydrogen-bond acceptors (Lipinski definition) is 2. The van der Waals surface area contributed by atoms with Gasteiger partial charge in [0.05, 0.1) is 15.8 Å². The van der Waals surface area contributed by atoms with Crippen LogP contribution >= 0.6 is 35.0 Å². The molecular formula is C12H12Cl2O2S. The minimum absolute atomic E-state index is 0.129. The molecule has 2 nitrogen and oxygen atoms in total. The zero-order valence-electron chi connectivity index (χ0n) is 9.08. The van der Waals surface area contributed by atoms with Crippen LogP contribution in [-0.4, -0.2) is 16.8 Å². The zero-order valence-corrected chi connectivity index (χ0v) is 11.4. The maximum Gasteiger partial charge on any atom is 0.313 e. The first kappa shape index (κ1) is 13.1. The van der Waals surface area contributed by atoms with Gasteiger partial charge >= 0.3 is 5.97 Å². The predicted molar refractivity (Wildman–Crippen MR) is 72.2 cm³/mol. The van der Waals surface area contributed by atoms with Gasteiger partial charge < -0.3 is 5.11 Å². The predicted octanol–water partition coefficient (Wildman–Crippen LogP) is 4.19. The molecule has 1 aromatic carbocycles. The second-order valence-corrected chi connectivity index (χ2v) is 6.06. The van der Waals surface area contributed by atoms with E-state index in [1.54, 1.807) is 0 Å². The highest BCUT2D eigenvalue weighted by Crippen LogP contribution is 2.42. The molecule has 1 aliphatic carbocycles. The molecular weight excluding hydrogens is 279 g/mol. The van der Waals surface area contributed by atoms with Gasteiger partial charge in [-0.3, -0.25) is 4.79 Å². The third-order valence-corrected chi connectivity index (χ3v) is 4.88. The van der Waals surface area contributed by atoms with E-state index in [4.69, 9.17) is 28.3 Å². The lowest BCUT2D eigenvalue weighted by Gasteiger charge is -2.25. The second-order valence-electron chi connectivity index (χ2n) is 4.05. The third-order valence-electron chi connectivity index (χ3n) is 2.85. The number of hydrogen-bond donors (Lipinski definition) is 1. The molecule has 0 bridgehead atoms. The van der Waals surface area contributed by atoms with E-state index in [0.29, 0.717) is 10.0 Å². The van der Waals surface area contributed by atoms with Crippen LogP contribution in [0.2, 0.25) is 10.0 Å². The molecule has 1 N–H and O–H groups in total. The van der Waals surface area contributed by atoms with E-state index in [-0.39, 0.29) is 11.0 Å². The van der Waals surface area contributed by atoms with Gasteiger partial charge in [0.1, 0.15) is 0 Å². The zero-order chi connectivity index (χ0) is 12.4. The van der Waals surface area contributed by atoms with E-state index in [0.717, 1.165) is 24.8 Å². The number of thioether (sulfide) groups is 1. The molecule has 0 spiro atoms. The van der Waals surface area contributed by atoms with E-state index in [1.165, 1.54) is 17.3 Å². The summed E-state index contributed by atoms with van der Waals surface area (Å²) in [5.41, 5.74) is 2.35. The Kier molecular flexibility index (Phi) is 4.23. The summed E-state index contributed by atoms with van der Waals surface area (Å²) in [7, 11) is 0. The minimum atomic E-state index is -0.776. The second kappa shape index (κ2) is 5.51. The van der Waals surface area contributed by atoms with Crippen molar-refractivity contribution in [3.63, 3.8) is 0 Å². The molecule has 0 aliphatic heterocycles. The monoisotopic (exact) mass is 290 g/mol. The molecule has 0 amide bonds. The number of halogens is 2. The maximum absolute atomic E-state index is 10.6. The number of aliphatic carboxylic acids is 1. The average molecular weight is 291 g/mol. The SMILES string of the molecule is O=C(O)CSC1CCCc2cc(Cl)c(Cl)cc21. The van der Waals surface area contributed by atoms with Crippen LogP contribution in [0, 0.1) is 0 Å². The molecule has 1 unspecified atom stereocenters. The fourth-order valence-corrected chi connectivity index (χ4v) is 3.53. The molecule has 0 radical (unpaired) electrons. The van der Waals surface area contributed by atoms with Gasteiger partial charge in [0, 0.05) is 5.25 Å². The summed E-state index contributed by atoms with van der Waals surface area (Å²) in [4.78, 5) is 10.6. The van der Waals surface area contributed by atoms with Crippen LogP contribution in [0.5, 0.6) is 0 Å². The lowest BCUT2D eigenvalue weighted by Crippen LogP contribution is -2.10. The van der Waals surface area contributed by atoms with E-state index in [2.05, 4.69) is 0 Å². The Labute approximate surface area is 114 Å². The summed E-state index contributed by atoms with van der Waals surface area (Å²) in [5, 5.41) is 10.1. The van der Waals surface area contributed by atoms with Crippen molar-refractivity contribution in [3.05, 3.63) is 33.3 Å². The van der Waals surface area contributed by atoms with Crippen molar-refractivity contribution in [1.29, 1.82) is 0 Å². The van der Waals surface area contributed by atoms with Crippen molar-refractivity contribution in [1.82, 2.24) is 0 Å². The van der Waals surface area contributed by atoms with Crippen LogP contribution in [0.3, 0.4) is 0 Å². The summed E-state index contributed by atoms with van der Waals surface area (Å²) in [6.07, 6.45) is 3.07. The van der Waals surface area contributed by atoms with E-state index in [1.807, 2.05) is 12.1 Å². The van der Waals surface area contributed by atoms with Crippen molar-refractivity contribution in [2.75, 3.05) is 5.75 Å². The fraction of sp³-hybridized carbons (Fsp3) is 0.417. The van der Waals surface area contributed by atoms with Crippen molar-refractivity contribution >= 4 is 40.9 Å². The van der Waals surface area contributed by atoms with E-state index in [9.17, 15) is 4.79 Å². The molecule has 17 heavy (non-hydrogen) atoms. The van der Waals surface area contributed by atoms with E-state index >= 15 is 0 Å². The summed E-state index contributed by atoms with van der Waals surface area (Å²) in [6.45, 7) is 0. The summed E-state index contributed by atoms with van der Waals surface area (Å²) in [5.74, 6) is -0.646. The van der Waals surface area contributed by atoms with Crippen LogP contribution in [0.25, 0.3) is 0 Å². The van der Waals surface area contributed by atoms with Crippen molar-refractivity contribution in [2.24, 2.45) is 0 Å². The lowest BCUT2D eigenvalue weighted by atomic mass is 9.91. The Morgan fingerprint density at radius 1 is 1.41 bits per heavy atom. The van der Waals surface area contributed by atoms with Gasteiger partial charge in [0.2, 0.25) is 0 Å². The minimum Gasteiger partial charge on any atom is -0.481 e. The first-order chi connectivity index (χ1) is 8.08. The Morgan fingerprint density at radius 3 is 2.82 bits per heavy atom. The molecule has 0 heterocycles. The fourth-order valence-electron chi connectivity index (χ4n) is 2.10. The molecule has 0 saturated heterocycles. The molecule has 92 valence electrons. The van der Waals surface area contributed by atoms with Gasteiger partial charge in [-0.05, 0) is 42.5 Å². The smallest absolute Gasteiger partial charge is 0.313 e. The molecule has 0 aromatic heterocycles. The van der Waals surface area contributed by atoms with Gasteiger partial charge in [-0.15, -0.1) is 11.8 Å². The third kappa shape index (κ3) is 3.09. The lowest BCUT2D eigenvalue weighted by molar-refractivity contribution is -0.133. The molecule has 1 aromatic rings. The molecule has 0 saturated carbocycles. The van der Waals surface area contributed by atoms with Crippen molar-refractivity contribution in [2.45, 2.75) is 24.5 Å². The van der Waals surface area contributed by atoms with Gasteiger partial charge in [0.25, 0.3) is 0 Å².